The van der Waals surface area contributed by atoms with Gasteiger partial charge in [0.25, 0.3) is 5.91 Å². The Kier molecular flexibility index (Phi) is 8.22. The number of rotatable bonds is 8. The van der Waals surface area contributed by atoms with E-state index in [-0.39, 0.29) is 18.1 Å². The smallest absolute Gasteiger partial charge is 0.256 e. The zero-order chi connectivity index (χ0) is 24.1. The molecule has 6 nitrogen and oxygen atoms in total. The lowest BCUT2D eigenvalue weighted by Gasteiger charge is -2.38. The van der Waals surface area contributed by atoms with Crippen LogP contribution in [0.4, 0.5) is 0 Å². The number of hydrogen-bond acceptors (Lipinski definition) is 5. The van der Waals surface area contributed by atoms with Crippen LogP contribution in [0.1, 0.15) is 67.0 Å². The first-order chi connectivity index (χ1) is 16.5. The highest BCUT2D eigenvalue weighted by molar-refractivity contribution is 5.82. The minimum atomic E-state index is -0.515. The van der Waals surface area contributed by atoms with E-state index < -0.39 is 6.10 Å². The summed E-state index contributed by atoms with van der Waals surface area (Å²) in [6.07, 6.45) is 7.96. The summed E-state index contributed by atoms with van der Waals surface area (Å²) in [6.45, 7) is 6.81. The van der Waals surface area contributed by atoms with Crippen molar-refractivity contribution in [2.24, 2.45) is 0 Å². The van der Waals surface area contributed by atoms with Crippen LogP contribution in [0.5, 0.6) is 5.75 Å². The van der Waals surface area contributed by atoms with E-state index in [1.165, 1.54) is 12.8 Å². The third-order valence-corrected chi connectivity index (χ3v) is 7.53. The Hall–Kier alpha value is -2.44. The molecule has 1 amide bonds. The molecule has 1 atom stereocenters. The summed E-state index contributed by atoms with van der Waals surface area (Å²) in [7, 11) is 3.67. The first kappa shape index (κ1) is 24.7. The zero-order valence-corrected chi connectivity index (χ0v) is 21.1. The van der Waals surface area contributed by atoms with Gasteiger partial charge in [0.05, 0.1) is 18.9 Å². The number of carbonyl (C=O) groups is 1. The molecule has 4 rings (SSSR count). The van der Waals surface area contributed by atoms with Gasteiger partial charge in [-0.05, 0) is 45.1 Å². The highest BCUT2D eigenvalue weighted by Gasteiger charge is 2.33. The Balaban J connectivity index is 1.38. The van der Waals surface area contributed by atoms with Crippen LogP contribution in [0.25, 0.3) is 0 Å². The van der Waals surface area contributed by atoms with Gasteiger partial charge in [-0.1, -0.05) is 43.2 Å². The van der Waals surface area contributed by atoms with Gasteiger partial charge < -0.3 is 14.4 Å². The summed E-state index contributed by atoms with van der Waals surface area (Å²) in [5.74, 6) is 1.01. The second kappa shape index (κ2) is 11.3. The lowest BCUT2D eigenvalue weighted by atomic mass is 10.0. The number of amides is 1. The van der Waals surface area contributed by atoms with Gasteiger partial charge in [-0.3, -0.25) is 14.7 Å². The molecule has 2 heterocycles. The Labute approximate surface area is 204 Å². The fourth-order valence-electron chi connectivity index (χ4n) is 5.40. The quantitative estimate of drug-likeness (QED) is 0.559. The summed E-state index contributed by atoms with van der Waals surface area (Å²) in [5.41, 5.74) is 4.21. The molecule has 0 radical (unpaired) electrons. The maximum atomic E-state index is 13.6. The normalized spacial score (nSPS) is 18.7. The number of benzene rings is 1. The molecule has 1 saturated carbocycles. The minimum Gasteiger partial charge on any atom is -0.496 e. The van der Waals surface area contributed by atoms with E-state index in [0.29, 0.717) is 0 Å². The fraction of sp³-hybridized carbons (Fsp3) is 0.571. The molecule has 0 N–H and O–H groups in total. The van der Waals surface area contributed by atoms with Crippen molar-refractivity contribution in [3.63, 3.8) is 0 Å². The summed E-state index contributed by atoms with van der Waals surface area (Å²) >= 11 is 0. The topological polar surface area (TPSA) is 54.9 Å². The van der Waals surface area contributed by atoms with E-state index in [2.05, 4.69) is 16.8 Å². The molecule has 1 aliphatic carbocycles. The maximum absolute atomic E-state index is 13.6. The van der Waals surface area contributed by atoms with Crippen molar-refractivity contribution in [2.45, 2.75) is 77.2 Å². The molecule has 0 spiro atoms. The first-order valence-corrected chi connectivity index (χ1v) is 12.7. The first-order valence-electron chi connectivity index (χ1n) is 12.7. The lowest BCUT2D eigenvalue weighted by molar-refractivity contribution is -0.150. The average Bonchev–Trinajstić information content (AvgIpc) is 3.38. The van der Waals surface area contributed by atoms with E-state index in [1.807, 2.05) is 55.4 Å². The van der Waals surface area contributed by atoms with Crippen LogP contribution in [0.3, 0.4) is 0 Å². The highest BCUT2D eigenvalue weighted by Crippen LogP contribution is 2.31. The van der Waals surface area contributed by atoms with Gasteiger partial charge in [0.2, 0.25) is 0 Å². The number of methoxy groups -OCH3 is 1. The summed E-state index contributed by atoms with van der Waals surface area (Å²) in [6, 6.07) is 10.2. The molecule has 1 aromatic carbocycles. The van der Waals surface area contributed by atoms with Gasteiger partial charge in [0, 0.05) is 50.0 Å². The predicted octanol–water partition coefficient (Wildman–Crippen LogP) is 4.83. The summed E-state index contributed by atoms with van der Waals surface area (Å²) in [4.78, 5) is 22.7. The molecule has 1 aromatic heterocycles. The molecule has 2 aromatic rings. The fourth-order valence-corrected chi connectivity index (χ4v) is 5.40. The van der Waals surface area contributed by atoms with Crippen LogP contribution >= 0.6 is 0 Å². The lowest BCUT2D eigenvalue weighted by Crippen LogP contribution is -2.47. The van der Waals surface area contributed by atoms with E-state index in [4.69, 9.17) is 9.47 Å². The van der Waals surface area contributed by atoms with Gasteiger partial charge in [-0.25, -0.2) is 0 Å². The third kappa shape index (κ3) is 5.61. The molecule has 1 saturated heterocycles. The molecular weight excluding hydrogens is 426 g/mol. The van der Waals surface area contributed by atoms with Crippen molar-refractivity contribution in [2.75, 3.05) is 27.2 Å². The maximum Gasteiger partial charge on any atom is 0.256 e. The Morgan fingerprint density at radius 1 is 1.12 bits per heavy atom. The van der Waals surface area contributed by atoms with Gasteiger partial charge in [-0.2, -0.15) is 0 Å². The predicted molar refractivity (Wildman–Crippen MR) is 134 cm³/mol. The molecule has 6 heteroatoms. The van der Waals surface area contributed by atoms with Crippen LogP contribution < -0.4 is 4.74 Å². The Bertz CT molecular complexity index is 951. The van der Waals surface area contributed by atoms with Crippen LogP contribution in [0.15, 0.2) is 36.5 Å². The van der Waals surface area contributed by atoms with Crippen molar-refractivity contribution in [1.82, 2.24) is 14.8 Å². The molecular formula is C28H39N3O3. The molecule has 0 bridgehead atoms. The monoisotopic (exact) mass is 465 g/mol. The van der Waals surface area contributed by atoms with Crippen molar-refractivity contribution >= 4 is 5.91 Å². The van der Waals surface area contributed by atoms with E-state index >= 15 is 0 Å². The van der Waals surface area contributed by atoms with Crippen LogP contribution in [-0.2, 0) is 16.1 Å². The SMILES string of the molecule is COc1c(C)cnc(CN2CCC(N(C)C(=O)C(OC3CCCC3)c3ccccc3)CC2)c1C. The Morgan fingerprint density at radius 2 is 1.79 bits per heavy atom. The molecule has 34 heavy (non-hydrogen) atoms. The number of likely N-dealkylation sites (N-methyl/N-ethyl adjacent to an activating group) is 1. The molecule has 1 unspecified atom stereocenters. The van der Waals surface area contributed by atoms with Gasteiger partial charge >= 0.3 is 0 Å². The Morgan fingerprint density at radius 3 is 2.44 bits per heavy atom. The number of pyridine rings is 1. The number of ether oxygens (including phenoxy) is 2. The van der Waals surface area contributed by atoms with Crippen molar-refractivity contribution in [1.29, 1.82) is 0 Å². The number of aromatic nitrogens is 1. The standard InChI is InChI=1S/C28H39N3O3/c1-20-18-29-25(21(2)26(20)33-4)19-31-16-14-23(15-17-31)30(3)28(32)27(22-10-6-5-7-11-22)34-24-12-8-9-13-24/h5-7,10-11,18,23-24,27H,8-9,12-17,19H2,1-4H3. The number of piperidine rings is 1. The van der Waals surface area contributed by atoms with Gasteiger partial charge in [-0.15, -0.1) is 0 Å². The van der Waals surface area contributed by atoms with Gasteiger partial charge in [0.1, 0.15) is 5.75 Å². The number of likely N-dealkylation sites (tertiary alicyclic amines) is 1. The van der Waals surface area contributed by atoms with Gasteiger partial charge in [0.15, 0.2) is 6.10 Å². The third-order valence-electron chi connectivity index (χ3n) is 7.53. The summed E-state index contributed by atoms with van der Waals surface area (Å²) in [5, 5.41) is 0. The van der Waals surface area contributed by atoms with Crippen LogP contribution in [0, 0.1) is 13.8 Å². The molecule has 1 aliphatic heterocycles. The van der Waals surface area contributed by atoms with Crippen molar-refractivity contribution < 1.29 is 14.3 Å². The van der Waals surface area contributed by atoms with E-state index in [9.17, 15) is 4.79 Å². The number of nitrogens with zero attached hydrogens (tertiary/aromatic N) is 3. The van der Waals surface area contributed by atoms with Crippen LogP contribution in [0.2, 0.25) is 0 Å². The van der Waals surface area contributed by atoms with E-state index in [0.717, 1.165) is 73.5 Å². The second-order valence-corrected chi connectivity index (χ2v) is 9.84. The summed E-state index contributed by atoms with van der Waals surface area (Å²) < 4.78 is 12.0. The average molecular weight is 466 g/mol. The number of hydrogen-bond donors (Lipinski definition) is 0. The minimum absolute atomic E-state index is 0.0809. The highest BCUT2D eigenvalue weighted by atomic mass is 16.5. The molecule has 2 fully saturated rings. The molecule has 184 valence electrons. The zero-order valence-electron chi connectivity index (χ0n) is 21.1. The number of aryl methyl sites for hydroxylation is 1. The molecule has 2 aliphatic rings. The largest absolute Gasteiger partial charge is 0.496 e. The van der Waals surface area contributed by atoms with Crippen LogP contribution in [-0.4, -0.2) is 60.1 Å². The van der Waals surface area contributed by atoms with Crippen molar-refractivity contribution in [3.05, 3.63) is 58.9 Å². The van der Waals surface area contributed by atoms with Crippen molar-refractivity contribution in [3.8, 4) is 5.75 Å². The number of carbonyl (C=O) groups excluding carboxylic acids is 1. The van der Waals surface area contributed by atoms with E-state index in [1.54, 1.807) is 7.11 Å². The second-order valence-electron chi connectivity index (χ2n) is 9.84.